The van der Waals surface area contributed by atoms with E-state index >= 15 is 0 Å². The Morgan fingerprint density at radius 1 is 1.29 bits per heavy atom. The van der Waals surface area contributed by atoms with Crippen molar-refractivity contribution in [3.05, 3.63) is 0 Å². The molecule has 2 N–H and O–H groups in total. The average Bonchev–Trinajstić information content (AvgIpc) is 1.65. The first-order valence-corrected chi connectivity index (χ1v) is 1.70. The Hall–Kier alpha value is -0.440. The number of hydrogen-bond donors (Lipinski definition) is 2. The molecule has 0 aliphatic carbocycles. The molecule has 0 aromatic heterocycles. The smallest absolute Gasteiger partial charge is 0.314 e. The molecule has 0 aliphatic rings. The Balaban J connectivity index is 0. The first kappa shape index (κ1) is 9.75. The van der Waals surface area contributed by atoms with Gasteiger partial charge in [-0.3, -0.25) is 0 Å². The van der Waals surface area contributed by atoms with Crippen molar-refractivity contribution < 1.29 is 4.79 Å². The van der Waals surface area contributed by atoms with E-state index in [0.717, 1.165) is 0 Å². The summed E-state index contributed by atoms with van der Waals surface area (Å²) in [5.74, 6) is 0. The van der Waals surface area contributed by atoms with Crippen LogP contribution in [-0.2, 0) is 0 Å². The lowest BCUT2D eigenvalue weighted by Crippen LogP contribution is -2.28. The highest BCUT2D eigenvalue weighted by molar-refractivity contribution is 5.85. The maximum Gasteiger partial charge on any atom is 0.314 e. The van der Waals surface area contributed by atoms with Crippen molar-refractivity contribution in [3.8, 4) is 0 Å². The minimum Gasteiger partial charge on any atom is -0.341 e. The van der Waals surface area contributed by atoms with E-state index in [1.165, 1.54) is 0 Å². The highest BCUT2D eigenvalue weighted by Gasteiger charge is 1.81. The maximum absolute atomic E-state index is 9.96. The standard InChI is InChI=1S/C3H8N2O.ClH/c1-4-3(6)5-2;/h1-2H3,(H2,4,5,6);1H. The summed E-state index contributed by atoms with van der Waals surface area (Å²) in [5, 5.41) is 4.73. The SMILES string of the molecule is CNC(=O)NC.Cl. The number of amides is 2. The van der Waals surface area contributed by atoms with Crippen LogP contribution < -0.4 is 10.6 Å². The molecule has 0 saturated carbocycles. The van der Waals surface area contributed by atoms with Crippen LogP contribution in [0, 0.1) is 0 Å². The van der Waals surface area contributed by atoms with E-state index in [4.69, 9.17) is 0 Å². The molecule has 0 atom stereocenters. The first-order chi connectivity index (χ1) is 2.81. The Kier molecular flexibility index (Phi) is 7.75. The largest absolute Gasteiger partial charge is 0.341 e. The van der Waals surface area contributed by atoms with Gasteiger partial charge >= 0.3 is 6.03 Å². The van der Waals surface area contributed by atoms with Crippen LogP contribution in [0.4, 0.5) is 4.79 Å². The third-order valence-electron chi connectivity index (χ3n) is 0.454. The van der Waals surface area contributed by atoms with Gasteiger partial charge in [0.15, 0.2) is 0 Å². The van der Waals surface area contributed by atoms with Gasteiger partial charge in [-0.05, 0) is 0 Å². The fourth-order valence-electron chi connectivity index (χ4n) is 0.125. The molecule has 0 aromatic carbocycles. The molecule has 0 bridgehead atoms. The highest BCUT2D eigenvalue weighted by atomic mass is 35.5. The summed E-state index contributed by atoms with van der Waals surface area (Å²) in [5.41, 5.74) is 0. The highest BCUT2D eigenvalue weighted by Crippen LogP contribution is 1.48. The van der Waals surface area contributed by atoms with Crippen LogP contribution in [0.15, 0.2) is 0 Å². The van der Waals surface area contributed by atoms with E-state index < -0.39 is 0 Å². The van der Waals surface area contributed by atoms with Crippen molar-refractivity contribution >= 4 is 18.4 Å². The molecule has 0 spiro atoms. The van der Waals surface area contributed by atoms with Crippen molar-refractivity contribution in [1.82, 2.24) is 10.6 Å². The van der Waals surface area contributed by atoms with Gasteiger partial charge in [-0.15, -0.1) is 12.4 Å². The second-order valence-corrected chi connectivity index (χ2v) is 0.829. The number of rotatable bonds is 0. The minimum absolute atomic E-state index is 0. The van der Waals surface area contributed by atoms with Crippen LogP contribution in [0.25, 0.3) is 0 Å². The average molecular weight is 125 g/mol. The summed E-state index contributed by atoms with van der Waals surface area (Å²) in [6, 6.07) is -0.157. The van der Waals surface area contributed by atoms with E-state index in [1.807, 2.05) is 0 Å². The molecule has 0 heterocycles. The third kappa shape index (κ3) is 5.56. The zero-order valence-corrected chi connectivity index (χ0v) is 5.13. The zero-order valence-electron chi connectivity index (χ0n) is 4.32. The molecule has 0 saturated heterocycles. The lowest BCUT2D eigenvalue weighted by atomic mass is 11.0. The van der Waals surface area contributed by atoms with Crippen LogP contribution in [-0.4, -0.2) is 20.1 Å². The van der Waals surface area contributed by atoms with E-state index in [-0.39, 0.29) is 18.4 Å². The number of nitrogens with one attached hydrogen (secondary N) is 2. The van der Waals surface area contributed by atoms with Gasteiger partial charge < -0.3 is 10.6 Å². The Labute approximate surface area is 48.9 Å². The Morgan fingerprint density at radius 2 is 1.57 bits per heavy atom. The summed E-state index contributed by atoms with van der Waals surface area (Å²) in [6.45, 7) is 0. The number of carbonyl (C=O) groups excluding carboxylic acids is 1. The van der Waals surface area contributed by atoms with Crippen LogP contribution in [0.2, 0.25) is 0 Å². The summed E-state index contributed by atoms with van der Waals surface area (Å²) in [7, 11) is 3.14. The van der Waals surface area contributed by atoms with Crippen molar-refractivity contribution in [3.63, 3.8) is 0 Å². The molecule has 7 heavy (non-hydrogen) atoms. The molecule has 0 fully saturated rings. The van der Waals surface area contributed by atoms with Crippen LogP contribution in [0.1, 0.15) is 0 Å². The molecule has 0 aromatic rings. The summed E-state index contributed by atoms with van der Waals surface area (Å²) < 4.78 is 0. The van der Waals surface area contributed by atoms with Crippen LogP contribution >= 0.6 is 12.4 Å². The summed E-state index contributed by atoms with van der Waals surface area (Å²) in [4.78, 5) is 9.96. The normalized spacial score (nSPS) is 6.00. The Morgan fingerprint density at radius 3 is 1.57 bits per heavy atom. The summed E-state index contributed by atoms with van der Waals surface area (Å²) in [6.07, 6.45) is 0. The van der Waals surface area contributed by atoms with Crippen LogP contribution in [0.3, 0.4) is 0 Å². The van der Waals surface area contributed by atoms with Gasteiger partial charge in [0.2, 0.25) is 0 Å². The van der Waals surface area contributed by atoms with Crippen molar-refractivity contribution in [1.29, 1.82) is 0 Å². The van der Waals surface area contributed by atoms with Gasteiger partial charge in [-0.25, -0.2) is 4.79 Å². The predicted octanol–water partition coefficient (Wildman–Crippen LogP) is -0.0330. The molecule has 0 radical (unpaired) electrons. The topological polar surface area (TPSA) is 41.1 Å². The number of urea groups is 1. The van der Waals surface area contributed by atoms with E-state index in [2.05, 4.69) is 10.6 Å². The predicted molar refractivity (Wildman–Crippen MR) is 30.8 cm³/mol. The zero-order chi connectivity index (χ0) is 4.99. The fourth-order valence-corrected chi connectivity index (χ4v) is 0.125. The van der Waals surface area contributed by atoms with Gasteiger partial charge in [-0.2, -0.15) is 0 Å². The third-order valence-corrected chi connectivity index (χ3v) is 0.454. The van der Waals surface area contributed by atoms with Crippen molar-refractivity contribution in [2.75, 3.05) is 14.1 Å². The van der Waals surface area contributed by atoms with Crippen molar-refractivity contribution in [2.24, 2.45) is 0 Å². The molecule has 44 valence electrons. The van der Waals surface area contributed by atoms with E-state index in [0.29, 0.717) is 0 Å². The Bertz CT molecular complexity index is 50.9. The quantitative estimate of drug-likeness (QED) is 0.468. The molecular formula is C3H9ClN2O. The molecule has 4 heteroatoms. The maximum atomic E-state index is 9.96. The molecule has 0 rings (SSSR count). The first-order valence-electron chi connectivity index (χ1n) is 1.70. The number of carbonyl (C=O) groups is 1. The minimum atomic E-state index is -0.157. The molecule has 0 aliphatic heterocycles. The second kappa shape index (κ2) is 5.56. The monoisotopic (exact) mass is 124 g/mol. The lowest BCUT2D eigenvalue weighted by Gasteiger charge is -1.91. The van der Waals surface area contributed by atoms with Gasteiger partial charge in [0.1, 0.15) is 0 Å². The van der Waals surface area contributed by atoms with Gasteiger partial charge in [0.05, 0.1) is 0 Å². The molecule has 2 amide bonds. The van der Waals surface area contributed by atoms with Crippen molar-refractivity contribution in [2.45, 2.75) is 0 Å². The van der Waals surface area contributed by atoms with E-state index in [1.54, 1.807) is 14.1 Å². The van der Waals surface area contributed by atoms with Gasteiger partial charge in [-0.1, -0.05) is 0 Å². The lowest BCUT2D eigenvalue weighted by molar-refractivity contribution is 0.245. The molecule has 0 unspecified atom stereocenters. The summed E-state index contributed by atoms with van der Waals surface area (Å²) >= 11 is 0. The van der Waals surface area contributed by atoms with Gasteiger partial charge in [0, 0.05) is 14.1 Å². The van der Waals surface area contributed by atoms with E-state index in [9.17, 15) is 4.79 Å². The number of halogens is 1. The second-order valence-electron chi connectivity index (χ2n) is 0.829. The van der Waals surface area contributed by atoms with Gasteiger partial charge in [0.25, 0.3) is 0 Å². The fraction of sp³-hybridized carbons (Fsp3) is 0.667. The number of hydrogen-bond acceptors (Lipinski definition) is 1. The molecular weight excluding hydrogens is 115 g/mol. The molecule has 3 nitrogen and oxygen atoms in total. The van der Waals surface area contributed by atoms with Crippen LogP contribution in [0.5, 0.6) is 0 Å².